The van der Waals surface area contributed by atoms with Gasteiger partial charge in [0.25, 0.3) is 0 Å². The van der Waals surface area contributed by atoms with Crippen molar-refractivity contribution < 1.29 is 0 Å². The average molecular weight is 383 g/mol. The van der Waals surface area contributed by atoms with Crippen LogP contribution in [0.4, 0.5) is 0 Å². The molecule has 0 unspecified atom stereocenters. The van der Waals surface area contributed by atoms with E-state index in [1.807, 2.05) is 37.6 Å². The third-order valence-electron chi connectivity index (χ3n) is 4.32. The molecule has 2 N–H and O–H groups in total. The number of aliphatic imine (C=N–C) groups is 1. The summed E-state index contributed by atoms with van der Waals surface area (Å²) in [5.74, 6) is 0.767. The molecule has 0 radical (unpaired) electrons. The number of guanidine groups is 1. The van der Waals surface area contributed by atoms with Crippen molar-refractivity contribution in [2.45, 2.75) is 40.8 Å². The number of thiazole rings is 1. The van der Waals surface area contributed by atoms with Gasteiger partial charge in [0.1, 0.15) is 0 Å². The first kappa shape index (κ1) is 19.1. The van der Waals surface area contributed by atoms with E-state index in [1.54, 1.807) is 18.4 Å². The van der Waals surface area contributed by atoms with Crippen LogP contribution in [-0.2, 0) is 13.1 Å². The monoisotopic (exact) mass is 382 g/mol. The number of nitrogens with one attached hydrogen (secondary N) is 2. The molecule has 0 amide bonds. The lowest BCUT2D eigenvalue weighted by atomic mass is 10.1. The van der Waals surface area contributed by atoms with E-state index in [4.69, 9.17) is 0 Å². The summed E-state index contributed by atoms with van der Waals surface area (Å²) >= 11 is 1.72. The van der Waals surface area contributed by atoms with Crippen LogP contribution in [0.5, 0.6) is 0 Å². The van der Waals surface area contributed by atoms with E-state index in [0.717, 1.165) is 45.8 Å². The molecular formula is C20H26N6S. The minimum Gasteiger partial charge on any atom is -0.352 e. The minimum absolute atomic E-state index is 0.662. The second-order valence-electron chi connectivity index (χ2n) is 6.49. The summed E-state index contributed by atoms with van der Waals surface area (Å²) in [6.45, 7) is 9.54. The summed E-state index contributed by atoms with van der Waals surface area (Å²) in [5, 5.41) is 12.5. The van der Waals surface area contributed by atoms with Crippen LogP contribution in [0.15, 0.2) is 35.3 Å². The number of nitrogens with zero attached hydrogens (tertiary/aromatic N) is 4. The molecule has 7 heteroatoms. The second-order valence-corrected chi connectivity index (χ2v) is 7.78. The fourth-order valence-electron chi connectivity index (χ4n) is 3.04. The minimum atomic E-state index is 0.662. The van der Waals surface area contributed by atoms with Gasteiger partial charge in [-0.1, -0.05) is 18.2 Å². The van der Waals surface area contributed by atoms with Crippen molar-refractivity contribution in [2.24, 2.45) is 4.99 Å². The summed E-state index contributed by atoms with van der Waals surface area (Å²) in [7, 11) is 1.78. The van der Waals surface area contributed by atoms with Crippen LogP contribution in [0, 0.1) is 27.7 Å². The first-order valence-electron chi connectivity index (χ1n) is 8.97. The second kappa shape index (κ2) is 8.35. The topological polar surface area (TPSA) is 67.1 Å². The predicted octanol–water partition coefficient (Wildman–Crippen LogP) is 3.43. The van der Waals surface area contributed by atoms with Crippen LogP contribution < -0.4 is 10.6 Å². The van der Waals surface area contributed by atoms with Crippen molar-refractivity contribution in [3.05, 3.63) is 62.9 Å². The van der Waals surface area contributed by atoms with Crippen LogP contribution >= 0.6 is 11.3 Å². The summed E-state index contributed by atoms with van der Waals surface area (Å²) in [4.78, 5) is 10.0. The van der Waals surface area contributed by atoms with Gasteiger partial charge in [0.15, 0.2) is 5.96 Å². The zero-order chi connectivity index (χ0) is 19.4. The van der Waals surface area contributed by atoms with Crippen molar-refractivity contribution in [2.75, 3.05) is 7.05 Å². The fourth-order valence-corrected chi connectivity index (χ4v) is 3.92. The zero-order valence-electron chi connectivity index (χ0n) is 16.5. The molecule has 0 saturated heterocycles. The number of benzene rings is 1. The smallest absolute Gasteiger partial charge is 0.191 e. The summed E-state index contributed by atoms with van der Waals surface area (Å²) in [6.07, 6.45) is 0. The molecular weight excluding hydrogens is 356 g/mol. The van der Waals surface area contributed by atoms with Gasteiger partial charge in [0, 0.05) is 24.2 Å². The lowest BCUT2D eigenvalue weighted by molar-refractivity contribution is 0.782. The Morgan fingerprint density at radius 2 is 1.85 bits per heavy atom. The van der Waals surface area contributed by atoms with Gasteiger partial charge in [-0.3, -0.25) is 4.99 Å². The lowest BCUT2D eigenvalue weighted by Crippen LogP contribution is -2.36. The van der Waals surface area contributed by atoms with E-state index in [0.29, 0.717) is 6.54 Å². The SMILES string of the molecule is CN=C(NCc1ccccc1-n1nc(C)cc1C)NCc1sc(C)nc1C. The molecule has 6 nitrogen and oxygen atoms in total. The molecule has 3 aromatic rings. The zero-order valence-corrected chi connectivity index (χ0v) is 17.3. The number of rotatable bonds is 5. The van der Waals surface area contributed by atoms with Gasteiger partial charge in [-0.15, -0.1) is 11.3 Å². The molecule has 2 aromatic heterocycles. The van der Waals surface area contributed by atoms with Crippen molar-refractivity contribution in [1.29, 1.82) is 0 Å². The van der Waals surface area contributed by atoms with Gasteiger partial charge in [-0.25, -0.2) is 9.67 Å². The Morgan fingerprint density at radius 1 is 1.11 bits per heavy atom. The van der Waals surface area contributed by atoms with Gasteiger partial charge in [0.2, 0.25) is 0 Å². The van der Waals surface area contributed by atoms with Gasteiger partial charge >= 0.3 is 0 Å². The van der Waals surface area contributed by atoms with Gasteiger partial charge in [0.05, 0.1) is 28.6 Å². The largest absolute Gasteiger partial charge is 0.352 e. The molecule has 0 aliphatic rings. The van der Waals surface area contributed by atoms with Gasteiger partial charge in [-0.2, -0.15) is 5.10 Å². The van der Waals surface area contributed by atoms with Crippen molar-refractivity contribution in [3.63, 3.8) is 0 Å². The van der Waals surface area contributed by atoms with Crippen molar-refractivity contribution >= 4 is 17.3 Å². The first-order chi connectivity index (χ1) is 13.0. The van der Waals surface area contributed by atoms with Crippen LogP contribution in [0.25, 0.3) is 5.69 Å². The highest BCUT2D eigenvalue weighted by Crippen LogP contribution is 2.18. The van der Waals surface area contributed by atoms with E-state index < -0.39 is 0 Å². The highest BCUT2D eigenvalue weighted by atomic mass is 32.1. The maximum absolute atomic E-state index is 4.61. The van der Waals surface area contributed by atoms with E-state index in [1.165, 1.54) is 4.88 Å². The Bertz CT molecular complexity index is 953. The molecule has 3 rings (SSSR count). The van der Waals surface area contributed by atoms with Crippen LogP contribution in [0.3, 0.4) is 0 Å². The molecule has 0 aliphatic carbocycles. The van der Waals surface area contributed by atoms with Crippen molar-refractivity contribution in [3.8, 4) is 5.69 Å². The van der Waals surface area contributed by atoms with E-state index in [2.05, 4.69) is 50.8 Å². The molecule has 0 atom stereocenters. The molecule has 0 saturated carbocycles. The average Bonchev–Trinajstić information content (AvgIpc) is 3.15. The van der Waals surface area contributed by atoms with E-state index in [-0.39, 0.29) is 0 Å². The lowest BCUT2D eigenvalue weighted by Gasteiger charge is -2.15. The van der Waals surface area contributed by atoms with Crippen LogP contribution in [0.1, 0.15) is 32.5 Å². The fraction of sp³-hybridized carbons (Fsp3) is 0.350. The van der Waals surface area contributed by atoms with Crippen LogP contribution in [-0.4, -0.2) is 27.8 Å². The third-order valence-corrected chi connectivity index (χ3v) is 5.39. The molecule has 0 bridgehead atoms. The standard InChI is InChI=1S/C20H26N6S/c1-13-10-14(2)26(25-13)18-9-7-6-8-17(18)11-22-20(21-5)23-12-19-15(3)24-16(4)27-19/h6-10H,11-12H2,1-5H3,(H2,21,22,23). The molecule has 1 aromatic carbocycles. The number of hydrogen-bond acceptors (Lipinski definition) is 4. The normalized spacial score (nSPS) is 11.7. The number of hydrogen-bond donors (Lipinski definition) is 2. The molecule has 0 spiro atoms. The van der Waals surface area contributed by atoms with Gasteiger partial charge in [-0.05, 0) is 45.4 Å². The number of aromatic nitrogens is 3. The summed E-state index contributed by atoms with van der Waals surface area (Å²) in [5.41, 5.74) is 5.47. The molecule has 2 heterocycles. The maximum atomic E-state index is 4.61. The summed E-state index contributed by atoms with van der Waals surface area (Å²) < 4.78 is 1.99. The Kier molecular flexibility index (Phi) is 5.91. The number of aryl methyl sites for hydroxylation is 4. The molecule has 142 valence electrons. The summed E-state index contributed by atoms with van der Waals surface area (Å²) in [6, 6.07) is 10.4. The highest BCUT2D eigenvalue weighted by Gasteiger charge is 2.10. The number of para-hydroxylation sites is 1. The van der Waals surface area contributed by atoms with Crippen molar-refractivity contribution in [1.82, 2.24) is 25.4 Å². The van der Waals surface area contributed by atoms with Gasteiger partial charge < -0.3 is 10.6 Å². The third kappa shape index (κ3) is 4.54. The Morgan fingerprint density at radius 3 is 2.48 bits per heavy atom. The maximum Gasteiger partial charge on any atom is 0.191 e. The van der Waals surface area contributed by atoms with Crippen LogP contribution in [0.2, 0.25) is 0 Å². The Balaban J connectivity index is 1.68. The Hall–Kier alpha value is -2.67. The first-order valence-corrected chi connectivity index (χ1v) is 9.78. The molecule has 27 heavy (non-hydrogen) atoms. The van der Waals surface area contributed by atoms with E-state index >= 15 is 0 Å². The van der Waals surface area contributed by atoms with E-state index in [9.17, 15) is 0 Å². The molecule has 0 fully saturated rings. The predicted molar refractivity (Wildman–Crippen MR) is 112 cm³/mol. The quantitative estimate of drug-likeness (QED) is 0.524. The highest BCUT2D eigenvalue weighted by molar-refractivity contribution is 7.11. The molecule has 0 aliphatic heterocycles. The Labute approximate surface area is 164 Å².